The molecule has 0 aliphatic heterocycles. The third-order valence-electron chi connectivity index (χ3n) is 10.1. The predicted molar refractivity (Wildman–Crippen MR) is 218 cm³/mol. The van der Waals surface area contributed by atoms with Crippen LogP contribution in [-0.4, -0.2) is 35.9 Å². The van der Waals surface area contributed by atoms with Crippen molar-refractivity contribution in [1.29, 1.82) is 0 Å². The molecule has 0 saturated heterocycles. The number of carbonyl (C=O) groups is 2. The van der Waals surface area contributed by atoms with Gasteiger partial charge in [0, 0.05) is 12.8 Å². The number of isothiocyanates is 1. The van der Waals surface area contributed by atoms with Gasteiger partial charge < -0.3 is 9.47 Å². The smallest absolute Gasteiger partial charge is 0.306 e. The second-order valence-electron chi connectivity index (χ2n) is 15.1. The molecule has 0 radical (unpaired) electrons. The average molecular weight is 722 g/mol. The molecule has 0 aliphatic rings. The van der Waals surface area contributed by atoms with E-state index in [0.29, 0.717) is 19.4 Å². The van der Waals surface area contributed by atoms with Crippen LogP contribution in [0.1, 0.15) is 245 Å². The highest BCUT2D eigenvalue weighted by Gasteiger charge is 2.14. The Labute approximate surface area is 316 Å². The van der Waals surface area contributed by atoms with E-state index in [-0.39, 0.29) is 24.1 Å². The van der Waals surface area contributed by atoms with E-state index >= 15 is 0 Å². The summed E-state index contributed by atoms with van der Waals surface area (Å²) in [6, 6.07) is 0.277. The number of esters is 2. The van der Waals surface area contributed by atoms with Gasteiger partial charge in [-0.2, -0.15) is 0 Å². The van der Waals surface area contributed by atoms with Gasteiger partial charge in [0.15, 0.2) is 0 Å². The van der Waals surface area contributed by atoms with Crippen LogP contribution in [0.5, 0.6) is 0 Å². The van der Waals surface area contributed by atoms with E-state index in [1.54, 1.807) is 0 Å². The van der Waals surface area contributed by atoms with Crippen LogP contribution in [0, 0.1) is 0 Å². The Morgan fingerprint density at radius 3 is 1.28 bits per heavy atom. The number of nitrogens with zero attached hydrogens (tertiary/aromatic N) is 1. The van der Waals surface area contributed by atoms with Crippen LogP contribution in [0.4, 0.5) is 0 Å². The van der Waals surface area contributed by atoms with Crippen molar-refractivity contribution < 1.29 is 19.1 Å². The Morgan fingerprint density at radius 1 is 0.480 bits per heavy atom. The first-order valence-corrected chi connectivity index (χ1v) is 22.4. The zero-order valence-corrected chi connectivity index (χ0v) is 34.4. The maximum Gasteiger partial charge on any atom is 0.306 e. The van der Waals surface area contributed by atoms with Crippen LogP contribution < -0.4 is 0 Å². The normalized spacial score (nSPS) is 11.8. The molecular formula is C44H83NO4S. The van der Waals surface area contributed by atoms with Gasteiger partial charge >= 0.3 is 11.9 Å². The van der Waals surface area contributed by atoms with Crippen molar-refractivity contribution in [2.45, 2.75) is 258 Å². The second kappa shape index (κ2) is 40.5. The van der Waals surface area contributed by atoms with Gasteiger partial charge in [0.2, 0.25) is 0 Å². The molecule has 0 saturated carbocycles. The summed E-state index contributed by atoms with van der Waals surface area (Å²) in [6.45, 7) is 7.35. The van der Waals surface area contributed by atoms with Gasteiger partial charge in [-0.1, -0.05) is 175 Å². The van der Waals surface area contributed by atoms with Gasteiger partial charge in [0.05, 0.1) is 17.8 Å². The highest BCUT2D eigenvalue weighted by Crippen LogP contribution is 2.20. The number of rotatable bonds is 40. The quantitative estimate of drug-likeness (QED) is 0.0273. The summed E-state index contributed by atoms with van der Waals surface area (Å²) in [5.41, 5.74) is 0. The van der Waals surface area contributed by atoms with Crippen molar-refractivity contribution in [3.8, 4) is 0 Å². The number of carbonyl (C=O) groups excluding carboxylic acids is 2. The summed E-state index contributed by atoms with van der Waals surface area (Å²) < 4.78 is 11.4. The van der Waals surface area contributed by atoms with Crippen LogP contribution in [0.2, 0.25) is 0 Å². The van der Waals surface area contributed by atoms with Crippen molar-refractivity contribution in [2.24, 2.45) is 4.99 Å². The summed E-state index contributed by atoms with van der Waals surface area (Å²) in [7, 11) is 0. The molecule has 50 heavy (non-hydrogen) atoms. The Balaban J connectivity index is 3.96. The molecule has 0 amide bonds. The lowest BCUT2D eigenvalue weighted by Crippen LogP contribution is -2.18. The van der Waals surface area contributed by atoms with Crippen molar-refractivity contribution in [3.63, 3.8) is 0 Å². The molecule has 1 unspecified atom stereocenters. The van der Waals surface area contributed by atoms with E-state index in [2.05, 4.69) is 30.9 Å². The molecule has 0 N–H and O–H groups in total. The SMILES string of the molecule is CCCCCCCCCOC(=O)CCCCCCCC(CCCCCCCC(=O)OC(CCCCCCCC)CCCCCCCC)N=C=S. The molecule has 6 heteroatoms. The van der Waals surface area contributed by atoms with Gasteiger partial charge in [-0.25, -0.2) is 4.99 Å². The lowest BCUT2D eigenvalue weighted by Gasteiger charge is -2.18. The molecule has 0 bridgehead atoms. The summed E-state index contributed by atoms with van der Waals surface area (Å²) >= 11 is 4.93. The van der Waals surface area contributed by atoms with Gasteiger partial charge in [0.25, 0.3) is 0 Å². The Morgan fingerprint density at radius 2 is 0.840 bits per heavy atom. The Hall–Kier alpha value is -1.26. The van der Waals surface area contributed by atoms with E-state index in [9.17, 15) is 9.59 Å². The first-order chi connectivity index (χ1) is 24.6. The fourth-order valence-electron chi connectivity index (χ4n) is 6.84. The molecule has 0 aromatic rings. The van der Waals surface area contributed by atoms with Gasteiger partial charge in [0.1, 0.15) is 6.10 Å². The Kier molecular flexibility index (Phi) is 39.5. The topological polar surface area (TPSA) is 65.0 Å². The molecule has 0 fully saturated rings. The predicted octanol–water partition coefficient (Wildman–Crippen LogP) is 14.6. The Bertz CT molecular complexity index is 768. The van der Waals surface area contributed by atoms with Gasteiger partial charge in [-0.05, 0) is 70.0 Å². The molecule has 0 heterocycles. The molecule has 0 spiro atoms. The van der Waals surface area contributed by atoms with Crippen LogP contribution in [0.25, 0.3) is 0 Å². The van der Waals surface area contributed by atoms with E-state index in [1.165, 1.54) is 128 Å². The minimum Gasteiger partial charge on any atom is -0.466 e. The van der Waals surface area contributed by atoms with Crippen molar-refractivity contribution in [1.82, 2.24) is 0 Å². The molecule has 294 valence electrons. The fourth-order valence-corrected chi connectivity index (χ4v) is 6.99. The van der Waals surface area contributed by atoms with E-state index in [4.69, 9.17) is 21.7 Å². The summed E-state index contributed by atoms with van der Waals surface area (Å²) in [6.07, 6.45) is 40.5. The highest BCUT2D eigenvalue weighted by atomic mass is 32.1. The van der Waals surface area contributed by atoms with Crippen LogP contribution in [0.15, 0.2) is 4.99 Å². The lowest BCUT2D eigenvalue weighted by molar-refractivity contribution is -0.150. The highest BCUT2D eigenvalue weighted by molar-refractivity contribution is 7.78. The second-order valence-corrected chi connectivity index (χ2v) is 15.2. The number of hydrogen-bond donors (Lipinski definition) is 0. The molecule has 0 aromatic carbocycles. The van der Waals surface area contributed by atoms with E-state index in [0.717, 1.165) is 83.5 Å². The molecule has 0 aromatic heterocycles. The number of ether oxygens (including phenoxy) is 2. The molecule has 0 aliphatic carbocycles. The van der Waals surface area contributed by atoms with Crippen LogP contribution in [-0.2, 0) is 19.1 Å². The first-order valence-electron chi connectivity index (χ1n) is 22.0. The van der Waals surface area contributed by atoms with Gasteiger partial charge in [-0.15, -0.1) is 0 Å². The van der Waals surface area contributed by atoms with Gasteiger partial charge in [-0.3, -0.25) is 9.59 Å². The van der Waals surface area contributed by atoms with Crippen LogP contribution >= 0.6 is 12.2 Å². The molecule has 1 atom stereocenters. The standard InChI is InChI=1S/C44H83NO4S/c1-4-7-10-13-16-25-32-39-48-43(46)37-30-23-17-19-26-33-41(45-40-50)34-27-20-18-24-31-38-44(47)49-42(35-28-21-14-11-8-5-2)36-29-22-15-12-9-6-3/h41-42H,4-39H2,1-3H3. The maximum atomic E-state index is 12.7. The van der Waals surface area contributed by atoms with Crippen molar-refractivity contribution in [3.05, 3.63) is 0 Å². The minimum atomic E-state index is -0.0301. The zero-order chi connectivity index (χ0) is 36.6. The fraction of sp³-hybridized carbons (Fsp3) is 0.932. The first kappa shape index (κ1) is 48.7. The van der Waals surface area contributed by atoms with E-state index in [1.807, 2.05) is 0 Å². The number of thiocarbonyl (C=S) groups is 1. The monoisotopic (exact) mass is 722 g/mol. The third kappa shape index (κ3) is 36.5. The zero-order valence-electron chi connectivity index (χ0n) is 33.6. The van der Waals surface area contributed by atoms with Crippen molar-refractivity contribution in [2.75, 3.05) is 6.61 Å². The lowest BCUT2D eigenvalue weighted by atomic mass is 10.0. The van der Waals surface area contributed by atoms with Crippen LogP contribution in [0.3, 0.4) is 0 Å². The third-order valence-corrected chi connectivity index (χ3v) is 10.2. The number of aliphatic imine (C=N–C) groups is 1. The number of hydrogen-bond acceptors (Lipinski definition) is 6. The average Bonchev–Trinajstić information content (AvgIpc) is 3.11. The number of unbranched alkanes of at least 4 members (excludes halogenated alkanes) is 24. The van der Waals surface area contributed by atoms with E-state index < -0.39 is 0 Å². The summed E-state index contributed by atoms with van der Waals surface area (Å²) in [5, 5.41) is 2.62. The largest absolute Gasteiger partial charge is 0.466 e. The molecule has 0 rings (SSSR count). The molecular weight excluding hydrogens is 639 g/mol. The summed E-state index contributed by atoms with van der Waals surface area (Å²) in [4.78, 5) is 29.1. The summed E-state index contributed by atoms with van der Waals surface area (Å²) in [5.74, 6) is -0.0152. The maximum absolute atomic E-state index is 12.7. The minimum absolute atomic E-state index is 0.0149. The molecule has 5 nitrogen and oxygen atoms in total. The van der Waals surface area contributed by atoms with Crippen molar-refractivity contribution >= 4 is 29.3 Å².